The van der Waals surface area contributed by atoms with Crippen molar-refractivity contribution < 1.29 is 0 Å². The summed E-state index contributed by atoms with van der Waals surface area (Å²) in [5.41, 5.74) is 2.49. The Kier molecular flexibility index (Phi) is 4.39. The molecule has 3 heteroatoms. The van der Waals surface area contributed by atoms with E-state index < -0.39 is 0 Å². The average molecular weight is 258 g/mol. The normalized spacial score (nSPS) is 12.4. The average Bonchev–Trinajstić information content (AvgIpc) is 2.39. The van der Waals surface area contributed by atoms with Crippen molar-refractivity contribution >= 4 is 11.8 Å². The zero-order valence-corrected chi connectivity index (χ0v) is 11.8. The van der Waals surface area contributed by atoms with Gasteiger partial charge in [-0.05, 0) is 44.7 Å². The van der Waals surface area contributed by atoms with Crippen LogP contribution in [0.15, 0.2) is 52.5 Å². The molecule has 1 atom stereocenters. The van der Waals surface area contributed by atoms with Crippen LogP contribution < -0.4 is 5.32 Å². The van der Waals surface area contributed by atoms with Gasteiger partial charge in [-0.1, -0.05) is 35.5 Å². The fourth-order valence-corrected chi connectivity index (χ4v) is 2.55. The minimum atomic E-state index is 0.343. The first-order chi connectivity index (χ1) is 8.69. The van der Waals surface area contributed by atoms with Crippen molar-refractivity contribution in [2.45, 2.75) is 29.8 Å². The Balaban J connectivity index is 2.11. The van der Waals surface area contributed by atoms with Crippen LogP contribution in [0.3, 0.4) is 0 Å². The van der Waals surface area contributed by atoms with Gasteiger partial charge in [0.1, 0.15) is 5.03 Å². The van der Waals surface area contributed by atoms with Gasteiger partial charge in [-0.3, -0.25) is 0 Å². The lowest BCUT2D eigenvalue weighted by atomic mass is 10.1. The molecule has 0 saturated carbocycles. The van der Waals surface area contributed by atoms with Gasteiger partial charge in [0.15, 0.2) is 0 Å². The summed E-state index contributed by atoms with van der Waals surface area (Å²) < 4.78 is 0. The van der Waals surface area contributed by atoms with Crippen LogP contribution in [0.5, 0.6) is 0 Å². The number of nitrogens with one attached hydrogen (secondary N) is 1. The minimum Gasteiger partial charge on any atom is -0.313 e. The molecule has 0 fully saturated rings. The molecular weight excluding hydrogens is 240 g/mol. The first-order valence-corrected chi connectivity index (χ1v) is 6.88. The number of benzene rings is 1. The molecule has 1 unspecified atom stereocenters. The Hall–Kier alpha value is -1.32. The Morgan fingerprint density at radius 2 is 2.06 bits per heavy atom. The molecule has 0 amide bonds. The number of aryl methyl sites for hydroxylation is 1. The summed E-state index contributed by atoms with van der Waals surface area (Å²) in [4.78, 5) is 5.73. The van der Waals surface area contributed by atoms with Gasteiger partial charge in [0, 0.05) is 17.1 Å². The molecule has 0 radical (unpaired) electrons. The van der Waals surface area contributed by atoms with Gasteiger partial charge in [0.25, 0.3) is 0 Å². The Morgan fingerprint density at radius 3 is 2.67 bits per heavy atom. The van der Waals surface area contributed by atoms with Crippen molar-refractivity contribution in [3.63, 3.8) is 0 Å². The van der Waals surface area contributed by atoms with E-state index >= 15 is 0 Å². The lowest BCUT2D eigenvalue weighted by Gasteiger charge is -2.10. The van der Waals surface area contributed by atoms with Crippen LogP contribution in [0.2, 0.25) is 0 Å². The maximum atomic E-state index is 4.50. The number of nitrogens with zero attached hydrogens (tertiary/aromatic N) is 1. The highest BCUT2D eigenvalue weighted by Crippen LogP contribution is 2.27. The van der Waals surface area contributed by atoms with Crippen LogP contribution in [-0.2, 0) is 0 Å². The van der Waals surface area contributed by atoms with Gasteiger partial charge in [0.2, 0.25) is 0 Å². The zero-order chi connectivity index (χ0) is 13.0. The van der Waals surface area contributed by atoms with Crippen LogP contribution in [0.1, 0.15) is 24.1 Å². The topological polar surface area (TPSA) is 24.9 Å². The number of rotatable bonds is 4. The van der Waals surface area contributed by atoms with Crippen LogP contribution in [0.25, 0.3) is 0 Å². The highest BCUT2D eigenvalue weighted by Gasteiger charge is 2.04. The van der Waals surface area contributed by atoms with Crippen molar-refractivity contribution in [3.8, 4) is 0 Å². The molecule has 1 aromatic heterocycles. The second-order valence-electron chi connectivity index (χ2n) is 4.36. The first kappa shape index (κ1) is 13.1. The molecule has 18 heavy (non-hydrogen) atoms. The third-order valence-electron chi connectivity index (χ3n) is 2.90. The van der Waals surface area contributed by atoms with E-state index in [1.165, 1.54) is 16.0 Å². The maximum absolute atomic E-state index is 4.50. The summed E-state index contributed by atoms with van der Waals surface area (Å²) in [6.45, 7) is 4.24. The summed E-state index contributed by atoms with van der Waals surface area (Å²) in [7, 11) is 1.96. The van der Waals surface area contributed by atoms with Gasteiger partial charge in [-0.25, -0.2) is 4.98 Å². The van der Waals surface area contributed by atoms with Crippen molar-refractivity contribution in [1.82, 2.24) is 10.3 Å². The van der Waals surface area contributed by atoms with Crippen LogP contribution >= 0.6 is 11.8 Å². The van der Waals surface area contributed by atoms with E-state index in [-0.39, 0.29) is 0 Å². The highest BCUT2D eigenvalue weighted by molar-refractivity contribution is 7.99. The lowest BCUT2D eigenvalue weighted by Crippen LogP contribution is -2.12. The van der Waals surface area contributed by atoms with E-state index in [0.29, 0.717) is 6.04 Å². The predicted molar refractivity (Wildman–Crippen MR) is 77.0 cm³/mol. The molecule has 0 saturated heterocycles. The largest absolute Gasteiger partial charge is 0.313 e. The van der Waals surface area contributed by atoms with E-state index in [1.54, 1.807) is 11.8 Å². The molecule has 2 rings (SSSR count). The summed E-state index contributed by atoms with van der Waals surface area (Å²) in [6, 6.07) is 13.0. The Morgan fingerprint density at radius 1 is 1.22 bits per heavy atom. The van der Waals surface area contributed by atoms with Gasteiger partial charge in [0.05, 0.1) is 0 Å². The Bertz CT molecular complexity index is 508. The second-order valence-corrected chi connectivity index (χ2v) is 5.45. The third-order valence-corrected chi connectivity index (χ3v) is 3.84. The number of hydrogen-bond donors (Lipinski definition) is 1. The minimum absolute atomic E-state index is 0.343. The Labute approximate surface area is 113 Å². The molecule has 94 valence electrons. The van der Waals surface area contributed by atoms with Gasteiger partial charge in [-0.2, -0.15) is 0 Å². The van der Waals surface area contributed by atoms with E-state index in [0.717, 1.165) is 5.03 Å². The quantitative estimate of drug-likeness (QED) is 0.902. The van der Waals surface area contributed by atoms with Crippen molar-refractivity contribution in [2.24, 2.45) is 0 Å². The fraction of sp³-hybridized carbons (Fsp3) is 0.267. The monoisotopic (exact) mass is 258 g/mol. The standard InChI is InChI=1S/C15H18N2S/c1-11-5-4-6-14(9-11)18-15-8-7-13(10-17-15)12(2)16-3/h4-10,12,16H,1-3H3. The van der Waals surface area contributed by atoms with Crippen LogP contribution in [0, 0.1) is 6.92 Å². The molecule has 0 bridgehead atoms. The molecule has 2 nitrogen and oxygen atoms in total. The molecule has 1 N–H and O–H groups in total. The summed E-state index contributed by atoms with van der Waals surface area (Å²) >= 11 is 1.70. The van der Waals surface area contributed by atoms with Crippen molar-refractivity contribution in [3.05, 3.63) is 53.7 Å². The third kappa shape index (κ3) is 3.34. The van der Waals surface area contributed by atoms with Gasteiger partial charge in [-0.15, -0.1) is 0 Å². The molecule has 0 aliphatic heterocycles. The molecule has 2 aromatic rings. The highest BCUT2D eigenvalue weighted by atomic mass is 32.2. The molecule has 1 aromatic carbocycles. The predicted octanol–water partition coefficient (Wildman–Crippen LogP) is 3.82. The molecule has 0 aliphatic rings. The van der Waals surface area contributed by atoms with E-state index in [4.69, 9.17) is 0 Å². The van der Waals surface area contributed by atoms with E-state index in [2.05, 4.69) is 60.5 Å². The SMILES string of the molecule is CNC(C)c1ccc(Sc2cccc(C)c2)nc1. The molecule has 0 aliphatic carbocycles. The molecule has 0 spiro atoms. The summed E-state index contributed by atoms with van der Waals surface area (Å²) in [6.07, 6.45) is 1.94. The summed E-state index contributed by atoms with van der Waals surface area (Å²) in [5.74, 6) is 0. The smallest absolute Gasteiger partial charge is 0.101 e. The van der Waals surface area contributed by atoms with Crippen LogP contribution in [0.4, 0.5) is 0 Å². The zero-order valence-electron chi connectivity index (χ0n) is 11.0. The molecule has 1 heterocycles. The number of hydrogen-bond acceptors (Lipinski definition) is 3. The van der Waals surface area contributed by atoms with E-state index in [1.807, 2.05) is 13.2 Å². The van der Waals surface area contributed by atoms with Gasteiger partial charge >= 0.3 is 0 Å². The van der Waals surface area contributed by atoms with Crippen LogP contribution in [-0.4, -0.2) is 12.0 Å². The number of pyridine rings is 1. The maximum Gasteiger partial charge on any atom is 0.101 e. The fourth-order valence-electron chi connectivity index (χ4n) is 1.67. The van der Waals surface area contributed by atoms with Gasteiger partial charge < -0.3 is 5.32 Å². The lowest BCUT2D eigenvalue weighted by molar-refractivity contribution is 0.648. The molecular formula is C15H18N2S. The van der Waals surface area contributed by atoms with Crippen molar-refractivity contribution in [1.29, 1.82) is 0 Å². The van der Waals surface area contributed by atoms with Crippen molar-refractivity contribution in [2.75, 3.05) is 7.05 Å². The first-order valence-electron chi connectivity index (χ1n) is 6.07. The van der Waals surface area contributed by atoms with E-state index in [9.17, 15) is 0 Å². The number of aromatic nitrogens is 1. The summed E-state index contributed by atoms with van der Waals surface area (Å²) in [5, 5.41) is 4.25. The second kappa shape index (κ2) is 6.03.